The standard InChI is InChI=1S/C17H29NO/c1-18-16(15-13-5-2-3-6-14(13)15)12-7-10-19-17(11-12)8-4-9-17/h12-16,18H,2-11H2,1H3. The van der Waals surface area contributed by atoms with Crippen LogP contribution in [0, 0.1) is 23.7 Å². The van der Waals surface area contributed by atoms with Crippen LogP contribution in [0.25, 0.3) is 0 Å². The van der Waals surface area contributed by atoms with Crippen molar-refractivity contribution in [3.63, 3.8) is 0 Å². The van der Waals surface area contributed by atoms with Crippen LogP contribution in [0.1, 0.15) is 57.8 Å². The summed E-state index contributed by atoms with van der Waals surface area (Å²) in [6.07, 6.45) is 12.7. The van der Waals surface area contributed by atoms with E-state index in [1.807, 2.05) is 0 Å². The second-order valence-corrected chi connectivity index (χ2v) is 7.64. The van der Waals surface area contributed by atoms with Gasteiger partial charge in [0.2, 0.25) is 0 Å². The molecule has 19 heavy (non-hydrogen) atoms. The molecule has 0 amide bonds. The number of fused-ring (bicyclic) bond motifs is 1. The summed E-state index contributed by atoms with van der Waals surface area (Å²) in [6, 6.07) is 0.787. The third kappa shape index (κ3) is 2.06. The lowest BCUT2D eigenvalue weighted by Gasteiger charge is -2.49. The lowest BCUT2D eigenvalue weighted by molar-refractivity contribution is -0.148. The molecule has 0 bridgehead atoms. The van der Waals surface area contributed by atoms with Gasteiger partial charge in [-0.2, -0.15) is 0 Å². The Hall–Kier alpha value is -0.0800. The fourth-order valence-electron chi connectivity index (χ4n) is 5.61. The molecule has 1 aliphatic heterocycles. The van der Waals surface area contributed by atoms with Gasteiger partial charge in [-0.15, -0.1) is 0 Å². The Kier molecular flexibility index (Phi) is 3.15. The van der Waals surface area contributed by atoms with Gasteiger partial charge in [-0.25, -0.2) is 0 Å². The fraction of sp³-hybridized carbons (Fsp3) is 1.00. The Morgan fingerprint density at radius 1 is 1.05 bits per heavy atom. The van der Waals surface area contributed by atoms with Gasteiger partial charge in [0.25, 0.3) is 0 Å². The molecule has 2 nitrogen and oxygen atoms in total. The summed E-state index contributed by atoms with van der Waals surface area (Å²) < 4.78 is 6.12. The molecule has 1 spiro atoms. The number of hydrogen-bond donors (Lipinski definition) is 1. The highest BCUT2D eigenvalue weighted by molar-refractivity contribution is 5.08. The van der Waals surface area contributed by atoms with Crippen LogP contribution in [0.15, 0.2) is 0 Å². The minimum atomic E-state index is 0.318. The first kappa shape index (κ1) is 12.6. The van der Waals surface area contributed by atoms with Crippen molar-refractivity contribution in [1.29, 1.82) is 0 Å². The third-order valence-electron chi connectivity index (χ3n) is 6.77. The molecule has 0 aromatic carbocycles. The highest BCUT2D eigenvalue weighted by Gasteiger charge is 2.56. The van der Waals surface area contributed by atoms with E-state index >= 15 is 0 Å². The highest BCUT2D eigenvalue weighted by atomic mass is 16.5. The average Bonchev–Trinajstić information content (AvgIpc) is 3.13. The minimum absolute atomic E-state index is 0.318. The van der Waals surface area contributed by atoms with Gasteiger partial charge in [-0.3, -0.25) is 0 Å². The van der Waals surface area contributed by atoms with E-state index < -0.39 is 0 Å². The third-order valence-corrected chi connectivity index (χ3v) is 6.77. The molecular weight excluding hydrogens is 234 g/mol. The predicted molar refractivity (Wildman–Crippen MR) is 77.0 cm³/mol. The molecule has 0 aromatic rings. The Morgan fingerprint density at radius 3 is 2.37 bits per heavy atom. The minimum Gasteiger partial charge on any atom is -0.375 e. The van der Waals surface area contributed by atoms with Gasteiger partial charge in [0.1, 0.15) is 0 Å². The number of ether oxygens (including phenoxy) is 1. The van der Waals surface area contributed by atoms with Crippen molar-refractivity contribution in [1.82, 2.24) is 5.32 Å². The Balaban J connectivity index is 1.44. The largest absolute Gasteiger partial charge is 0.375 e. The second kappa shape index (κ2) is 4.73. The molecule has 4 aliphatic rings. The van der Waals surface area contributed by atoms with E-state index in [-0.39, 0.29) is 0 Å². The molecule has 4 rings (SSSR count). The zero-order valence-corrected chi connectivity index (χ0v) is 12.4. The van der Waals surface area contributed by atoms with Crippen molar-refractivity contribution in [3.8, 4) is 0 Å². The van der Waals surface area contributed by atoms with Crippen LogP contribution in [-0.4, -0.2) is 25.3 Å². The first-order valence-corrected chi connectivity index (χ1v) is 8.64. The highest BCUT2D eigenvalue weighted by Crippen LogP contribution is 2.59. The van der Waals surface area contributed by atoms with Gasteiger partial charge < -0.3 is 10.1 Å². The van der Waals surface area contributed by atoms with Crippen LogP contribution in [0.2, 0.25) is 0 Å². The first-order chi connectivity index (χ1) is 9.33. The molecule has 1 heterocycles. The van der Waals surface area contributed by atoms with Gasteiger partial charge in [-0.1, -0.05) is 12.8 Å². The summed E-state index contributed by atoms with van der Waals surface area (Å²) in [5.74, 6) is 4.04. The first-order valence-electron chi connectivity index (χ1n) is 8.64. The lowest BCUT2D eigenvalue weighted by Crippen LogP contribution is -2.50. The zero-order valence-electron chi connectivity index (χ0n) is 12.4. The van der Waals surface area contributed by atoms with Crippen LogP contribution in [0.5, 0.6) is 0 Å². The normalized spacial score (nSPS) is 45.3. The molecule has 0 radical (unpaired) electrons. The molecule has 1 saturated heterocycles. The summed E-state index contributed by atoms with van der Waals surface area (Å²) in [7, 11) is 2.21. The fourth-order valence-corrected chi connectivity index (χ4v) is 5.61. The summed E-state index contributed by atoms with van der Waals surface area (Å²) in [5.41, 5.74) is 0.318. The van der Waals surface area contributed by atoms with Gasteiger partial charge in [0.05, 0.1) is 5.60 Å². The molecule has 108 valence electrons. The summed E-state index contributed by atoms with van der Waals surface area (Å²) in [6.45, 7) is 1.02. The van der Waals surface area contributed by atoms with E-state index in [9.17, 15) is 0 Å². The monoisotopic (exact) mass is 263 g/mol. The van der Waals surface area contributed by atoms with E-state index in [2.05, 4.69) is 12.4 Å². The topological polar surface area (TPSA) is 21.3 Å². The molecule has 2 heteroatoms. The SMILES string of the molecule is CNC(C1CCOC2(CCC2)C1)C1C2CCCCC21. The van der Waals surface area contributed by atoms with E-state index in [4.69, 9.17) is 4.74 Å². The quantitative estimate of drug-likeness (QED) is 0.843. The maximum atomic E-state index is 6.12. The lowest BCUT2D eigenvalue weighted by atomic mass is 9.69. The van der Waals surface area contributed by atoms with Crippen LogP contribution < -0.4 is 5.32 Å². The van der Waals surface area contributed by atoms with Crippen LogP contribution in [0.4, 0.5) is 0 Å². The van der Waals surface area contributed by atoms with Crippen LogP contribution in [-0.2, 0) is 4.74 Å². The number of nitrogens with one attached hydrogen (secondary N) is 1. The van der Waals surface area contributed by atoms with Gasteiger partial charge in [-0.05, 0) is 75.7 Å². The number of rotatable bonds is 3. The van der Waals surface area contributed by atoms with E-state index in [1.54, 1.807) is 0 Å². The molecule has 0 aromatic heterocycles. The number of hydrogen-bond acceptors (Lipinski definition) is 2. The Bertz CT molecular complexity index is 326. The summed E-state index contributed by atoms with van der Waals surface area (Å²) >= 11 is 0. The van der Waals surface area contributed by atoms with Gasteiger partial charge in [0.15, 0.2) is 0 Å². The van der Waals surface area contributed by atoms with Crippen molar-refractivity contribution in [2.75, 3.05) is 13.7 Å². The maximum absolute atomic E-state index is 6.12. The van der Waals surface area contributed by atoms with Crippen molar-refractivity contribution in [2.45, 2.75) is 69.4 Å². The second-order valence-electron chi connectivity index (χ2n) is 7.64. The Labute approximate surface area is 117 Å². The molecule has 3 saturated carbocycles. The smallest absolute Gasteiger partial charge is 0.0685 e. The zero-order chi connectivity index (χ0) is 12.9. The average molecular weight is 263 g/mol. The van der Waals surface area contributed by atoms with Crippen molar-refractivity contribution in [3.05, 3.63) is 0 Å². The van der Waals surface area contributed by atoms with E-state index in [0.717, 1.165) is 36.3 Å². The molecule has 4 unspecified atom stereocenters. The van der Waals surface area contributed by atoms with Gasteiger partial charge >= 0.3 is 0 Å². The summed E-state index contributed by atoms with van der Waals surface area (Å²) in [5, 5.41) is 3.72. The summed E-state index contributed by atoms with van der Waals surface area (Å²) in [4.78, 5) is 0. The molecule has 4 atom stereocenters. The molecule has 1 N–H and O–H groups in total. The predicted octanol–water partition coefficient (Wildman–Crippen LogP) is 3.36. The van der Waals surface area contributed by atoms with Crippen molar-refractivity contribution < 1.29 is 4.74 Å². The van der Waals surface area contributed by atoms with E-state index in [0.29, 0.717) is 5.60 Å². The van der Waals surface area contributed by atoms with Crippen LogP contribution in [0.3, 0.4) is 0 Å². The Morgan fingerprint density at radius 2 is 1.79 bits per heavy atom. The van der Waals surface area contributed by atoms with Crippen molar-refractivity contribution >= 4 is 0 Å². The van der Waals surface area contributed by atoms with Gasteiger partial charge in [0, 0.05) is 12.6 Å². The molecular formula is C17H29NO. The molecule has 3 aliphatic carbocycles. The maximum Gasteiger partial charge on any atom is 0.0685 e. The van der Waals surface area contributed by atoms with Crippen molar-refractivity contribution in [2.24, 2.45) is 23.7 Å². The molecule has 4 fully saturated rings. The van der Waals surface area contributed by atoms with E-state index in [1.165, 1.54) is 57.8 Å². The van der Waals surface area contributed by atoms with Crippen LogP contribution >= 0.6 is 0 Å².